The van der Waals surface area contributed by atoms with Crippen LogP contribution in [-0.2, 0) is 11.2 Å². The number of aryl methyl sites for hydroxylation is 1. The van der Waals surface area contributed by atoms with E-state index in [1.54, 1.807) is 29.7 Å². The first-order valence-electron chi connectivity index (χ1n) is 8.70. The summed E-state index contributed by atoms with van der Waals surface area (Å²) in [5, 5.41) is 6.40. The van der Waals surface area contributed by atoms with E-state index in [0.29, 0.717) is 23.2 Å². The highest BCUT2D eigenvalue weighted by Gasteiger charge is 2.08. The van der Waals surface area contributed by atoms with Crippen LogP contribution in [-0.4, -0.2) is 15.9 Å². The maximum atomic E-state index is 13.3. The highest BCUT2D eigenvalue weighted by atomic mass is 32.1. The van der Waals surface area contributed by atoms with E-state index in [1.165, 1.54) is 12.1 Å². The van der Waals surface area contributed by atoms with Gasteiger partial charge in [-0.3, -0.25) is 9.59 Å². The van der Waals surface area contributed by atoms with Gasteiger partial charge in [-0.25, -0.2) is 9.37 Å². The Hall–Kier alpha value is -3.32. The molecule has 28 heavy (non-hydrogen) atoms. The van der Waals surface area contributed by atoms with Crippen LogP contribution in [0.1, 0.15) is 12.0 Å². The van der Waals surface area contributed by atoms with Crippen molar-refractivity contribution in [3.8, 4) is 10.6 Å². The molecule has 0 radical (unpaired) electrons. The molecule has 4 rings (SSSR count). The molecule has 2 aromatic heterocycles. The van der Waals surface area contributed by atoms with Crippen molar-refractivity contribution in [3.05, 3.63) is 81.8 Å². The molecule has 0 saturated heterocycles. The minimum absolute atomic E-state index is 0.171. The Kier molecular flexibility index (Phi) is 4.99. The molecule has 1 amide bonds. The maximum absolute atomic E-state index is 13.3. The Bertz CT molecular complexity index is 1180. The fourth-order valence-electron chi connectivity index (χ4n) is 2.94. The van der Waals surface area contributed by atoms with Crippen LogP contribution >= 0.6 is 11.3 Å². The molecule has 2 aromatic carbocycles. The molecule has 0 unspecified atom stereocenters. The molecule has 0 fully saturated rings. The Morgan fingerprint density at radius 1 is 1.14 bits per heavy atom. The summed E-state index contributed by atoms with van der Waals surface area (Å²) in [6.45, 7) is 0. The van der Waals surface area contributed by atoms with E-state index < -0.39 is 5.82 Å². The minimum Gasteiger partial charge on any atom is -0.326 e. The van der Waals surface area contributed by atoms with Crippen molar-refractivity contribution >= 4 is 33.8 Å². The van der Waals surface area contributed by atoms with E-state index in [1.807, 2.05) is 29.6 Å². The number of aromatic amines is 1. The number of hydrogen-bond acceptors (Lipinski definition) is 4. The topological polar surface area (TPSA) is 74.8 Å². The van der Waals surface area contributed by atoms with Gasteiger partial charge in [0, 0.05) is 34.8 Å². The number of nitrogens with one attached hydrogen (secondary N) is 2. The van der Waals surface area contributed by atoms with Gasteiger partial charge in [0.1, 0.15) is 10.8 Å². The number of rotatable bonds is 5. The summed E-state index contributed by atoms with van der Waals surface area (Å²) < 4.78 is 13.3. The molecular weight excluding hydrogens is 377 g/mol. The van der Waals surface area contributed by atoms with Gasteiger partial charge in [-0.2, -0.15) is 0 Å². The minimum atomic E-state index is -0.406. The van der Waals surface area contributed by atoms with Gasteiger partial charge >= 0.3 is 0 Å². The number of halogens is 1. The molecule has 0 saturated carbocycles. The van der Waals surface area contributed by atoms with Crippen LogP contribution < -0.4 is 10.9 Å². The molecule has 2 N–H and O–H groups in total. The molecule has 7 heteroatoms. The smallest absolute Gasteiger partial charge is 0.251 e. The molecule has 0 aliphatic carbocycles. The van der Waals surface area contributed by atoms with Gasteiger partial charge in [0.2, 0.25) is 5.91 Å². The molecule has 2 heterocycles. The van der Waals surface area contributed by atoms with Crippen LogP contribution in [0.15, 0.2) is 64.9 Å². The van der Waals surface area contributed by atoms with Gasteiger partial charge in [-0.15, -0.1) is 11.3 Å². The quantitative estimate of drug-likeness (QED) is 0.529. The molecule has 0 atom stereocenters. The number of nitrogens with zero attached hydrogens (tertiary/aromatic N) is 1. The average molecular weight is 393 g/mol. The highest BCUT2D eigenvalue weighted by Crippen LogP contribution is 2.23. The second kappa shape index (κ2) is 7.74. The summed E-state index contributed by atoms with van der Waals surface area (Å²) in [7, 11) is 0. The lowest BCUT2D eigenvalue weighted by Gasteiger charge is -2.07. The summed E-state index contributed by atoms with van der Waals surface area (Å²) >= 11 is 1.55. The second-order valence-corrected chi connectivity index (χ2v) is 7.21. The lowest BCUT2D eigenvalue weighted by Crippen LogP contribution is -2.17. The number of fused-ring (bicyclic) bond motifs is 1. The zero-order valence-corrected chi connectivity index (χ0v) is 15.6. The van der Waals surface area contributed by atoms with Crippen LogP contribution in [0.5, 0.6) is 0 Å². The molecule has 0 aliphatic heterocycles. The fraction of sp³-hybridized carbons (Fsp3) is 0.0952. The van der Waals surface area contributed by atoms with E-state index in [0.717, 1.165) is 16.0 Å². The molecule has 0 aliphatic rings. The predicted octanol–water partition coefficient (Wildman–Crippen LogP) is 4.36. The third-order valence-corrected chi connectivity index (χ3v) is 5.18. The van der Waals surface area contributed by atoms with E-state index >= 15 is 0 Å². The van der Waals surface area contributed by atoms with Crippen molar-refractivity contribution in [2.75, 3.05) is 5.32 Å². The number of aromatic nitrogens is 2. The van der Waals surface area contributed by atoms with Gasteiger partial charge in [0.15, 0.2) is 0 Å². The lowest BCUT2D eigenvalue weighted by molar-refractivity contribution is -0.116. The fourth-order valence-corrected chi connectivity index (χ4v) is 3.58. The summed E-state index contributed by atoms with van der Waals surface area (Å²) in [5.74, 6) is -0.586. The summed E-state index contributed by atoms with van der Waals surface area (Å²) in [6, 6.07) is 13.4. The molecule has 140 valence electrons. The van der Waals surface area contributed by atoms with Crippen molar-refractivity contribution in [2.24, 2.45) is 0 Å². The summed E-state index contributed by atoms with van der Waals surface area (Å²) in [6.07, 6.45) is 2.22. The van der Waals surface area contributed by atoms with Gasteiger partial charge in [0.25, 0.3) is 5.56 Å². The molecule has 0 bridgehead atoms. The third-order valence-electron chi connectivity index (χ3n) is 4.35. The van der Waals surface area contributed by atoms with Crippen LogP contribution in [0.25, 0.3) is 21.5 Å². The predicted molar refractivity (Wildman–Crippen MR) is 109 cm³/mol. The van der Waals surface area contributed by atoms with Crippen molar-refractivity contribution in [2.45, 2.75) is 12.8 Å². The third kappa shape index (κ3) is 3.99. The normalized spacial score (nSPS) is 10.9. The van der Waals surface area contributed by atoms with E-state index in [2.05, 4.69) is 15.3 Å². The summed E-state index contributed by atoms with van der Waals surface area (Å²) in [4.78, 5) is 31.3. The Labute approximate surface area is 163 Å². The van der Waals surface area contributed by atoms with Crippen LogP contribution in [0.4, 0.5) is 10.1 Å². The van der Waals surface area contributed by atoms with E-state index in [-0.39, 0.29) is 17.9 Å². The number of pyridine rings is 1. The monoisotopic (exact) mass is 393 g/mol. The molecule has 5 nitrogen and oxygen atoms in total. The van der Waals surface area contributed by atoms with E-state index in [9.17, 15) is 14.0 Å². The second-order valence-electron chi connectivity index (χ2n) is 6.32. The number of thiazole rings is 1. The van der Waals surface area contributed by atoms with Gasteiger partial charge in [-0.05, 0) is 60.3 Å². The largest absolute Gasteiger partial charge is 0.326 e. The standard InChI is InChI=1S/C21H16FN3O2S/c22-16-5-1-14-11-15(20(27)25-18(14)12-16)4-8-19(26)24-17-6-2-13(3-7-17)21-23-9-10-28-21/h1-3,5-7,9-12H,4,8H2,(H,24,26)(H,25,27). The number of amides is 1. The number of anilines is 1. The number of benzene rings is 2. The van der Waals surface area contributed by atoms with Crippen LogP contribution in [0.2, 0.25) is 0 Å². The molecular formula is C21H16FN3O2S. The van der Waals surface area contributed by atoms with Gasteiger partial charge in [0.05, 0.1) is 5.52 Å². The Balaban J connectivity index is 1.40. The maximum Gasteiger partial charge on any atom is 0.251 e. The molecule has 4 aromatic rings. The Morgan fingerprint density at radius 2 is 1.96 bits per heavy atom. The first-order valence-corrected chi connectivity index (χ1v) is 9.58. The molecule has 0 spiro atoms. The number of carbonyl (C=O) groups is 1. The zero-order valence-electron chi connectivity index (χ0n) is 14.7. The van der Waals surface area contributed by atoms with Crippen molar-refractivity contribution < 1.29 is 9.18 Å². The van der Waals surface area contributed by atoms with Crippen molar-refractivity contribution in [1.82, 2.24) is 9.97 Å². The SMILES string of the molecule is O=C(CCc1cc2ccc(F)cc2[nH]c1=O)Nc1ccc(-c2nccs2)cc1. The number of carbonyl (C=O) groups excluding carboxylic acids is 1. The van der Waals surface area contributed by atoms with Crippen molar-refractivity contribution in [1.29, 1.82) is 0 Å². The first kappa shape index (κ1) is 18.1. The zero-order chi connectivity index (χ0) is 19.5. The van der Waals surface area contributed by atoms with E-state index in [4.69, 9.17) is 0 Å². The van der Waals surface area contributed by atoms with Gasteiger partial charge < -0.3 is 10.3 Å². The van der Waals surface area contributed by atoms with Crippen molar-refractivity contribution in [3.63, 3.8) is 0 Å². The average Bonchev–Trinajstić information content (AvgIpc) is 3.22. The van der Waals surface area contributed by atoms with Crippen LogP contribution in [0, 0.1) is 5.82 Å². The Morgan fingerprint density at radius 3 is 2.71 bits per heavy atom. The first-order chi connectivity index (χ1) is 13.6. The number of H-pyrrole nitrogens is 1. The number of hydrogen-bond donors (Lipinski definition) is 2. The van der Waals surface area contributed by atoms with Gasteiger partial charge in [-0.1, -0.05) is 0 Å². The summed E-state index contributed by atoms with van der Waals surface area (Å²) in [5.41, 5.74) is 2.31. The lowest BCUT2D eigenvalue weighted by atomic mass is 10.1. The highest BCUT2D eigenvalue weighted by molar-refractivity contribution is 7.13. The van der Waals surface area contributed by atoms with Crippen LogP contribution in [0.3, 0.4) is 0 Å².